The average molecular weight is 213 g/mol. The summed E-state index contributed by atoms with van der Waals surface area (Å²) in [6, 6.07) is 0. The van der Waals surface area contributed by atoms with Crippen molar-refractivity contribution in [3.8, 4) is 0 Å². The highest BCUT2D eigenvalue weighted by atomic mass is 35.7. The lowest BCUT2D eigenvalue weighted by Crippen LogP contribution is -1.66. The minimum atomic E-state index is -2.38. The SMILES string of the molecule is C=COP1(Cl)=NP=NP=N1. The van der Waals surface area contributed by atoms with Crippen LogP contribution in [0.1, 0.15) is 0 Å². The Labute approximate surface area is 66.5 Å². The van der Waals surface area contributed by atoms with Crippen LogP contribution in [0.15, 0.2) is 26.4 Å². The van der Waals surface area contributed by atoms with E-state index in [1.54, 1.807) is 0 Å². The normalized spacial score (nSPS) is 32.5. The Balaban J connectivity index is 2.86. The van der Waals surface area contributed by atoms with Crippen LogP contribution >= 0.6 is 35.1 Å². The maximum absolute atomic E-state index is 5.79. The first kappa shape index (κ1) is 8.36. The van der Waals surface area contributed by atoms with E-state index >= 15 is 0 Å². The summed E-state index contributed by atoms with van der Waals surface area (Å²) in [5.74, 6) is 0. The van der Waals surface area contributed by atoms with Crippen LogP contribution in [0.5, 0.6) is 0 Å². The summed E-state index contributed by atoms with van der Waals surface area (Å²) in [6.45, 7) is 0.987. The third kappa shape index (κ3) is 2.14. The van der Waals surface area contributed by atoms with E-state index in [9.17, 15) is 0 Å². The summed E-state index contributed by atoms with van der Waals surface area (Å²) in [5, 5.41) is 0. The highest BCUT2D eigenvalue weighted by Gasteiger charge is 2.15. The largest absolute Gasteiger partial charge is 0.439 e. The van der Waals surface area contributed by atoms with E-state index in [2.05, 4.69) is 20.1 Å². The molecule has 1 rings (SSSR count). The molecule has 54 valence electrons. The lowest BCUT2D eigenvalue weighted by molar-refractivity contribution is 0.542. The molecule has 1 unspecified atom stereocenters. The maximum Gasteiger partial charge on any atom is 0.356 e. The predicted octanol–water partition coefficient (Wildman–Crippen LogP) is 4.43. The minimum Gasteiger partial charge on any atom is -0.439 e. The molecule has 0 N–H and O–H groups in total. The van der Waals surface area contributed by atoms with Gasteiger partial charge in [-0.3, -0.25) is 0 Å². The zero-order chi connectivity index (χ0) is 7.45. The molecule has 1 atom stereocenters. The van der Waals surface area contributed by atoms with E-state index in [4.69, 9.17) is 15.8 Å². The zero-order valence-corrected chi connectivity index (χ0v) is 8.19. The van der Waals surface area contributed by atoms with Crippen LogP contribution in [-0.2, 0) is 4.52 Å². The molecular weight excluding hydrogens is 210 g/mol. The molecule has 0 amide bonds. The Morgan fingerprint density at radius 3 is 2.90 bits per heavy atom. The maximum atomic E-state index is 5.79. The van der Waals surface area contributed by atoms with Crippen molar-refractivity contribution in [1.29, 1.82) is 0 Å². The number of halogens is 1. The summed E-state index contributed by atoms with van der Waals surface area (Å²) >= 11 is 5.79. The van der Waals surface area contributed by atoms with Crippen molar-refractivity contribution in [3.05, 3.63) is 12.8 Å². The highest BCUT2D eigenvalue weighted by Crippen LogP contribution is 2.63. The molecule has 10 heavy (non-hydrogen) atoms. The first-order valence-corrected chi connectivity index (χ1v) is 6.31. The van der Waals surface area contributed by atoms with E-state index < -0.39 is 6.78 Å². The third-order valence-electron chi connectivity index (χ3n) is 0.589. The van der Waals surface area contributed by atoms with Crippen LogP contribution in [0.2, 0.25) is 0 Å². The Kier molecular flexibility index (Phi) is 3.00. The number of nitrogens with zero attached hydrogens (tertiary/aromatic N) is 3. The second-order valence-corrected chi connectivity index (χ2v) is 6.17. The van der Waals surface area contributed by atoms with Crippen LogP contribution < -0.4 is 0 Å². The van der Waals surface area contributed by atoms with Gasteiger partial charge >= 0.3 is 6.78 Å². The molecule has 1 heterocycles. The molecule has 0 spiro atoms. The molecule has 4 nitrogen and oxygen atoms in total. The first-order chi connectivity index (χ1) is 4.77. The van der Waals surface area contributed by atoms with Gasteiger partial charge in [-0.25, -0.2) is 0 Å². The molecule has 1 aliphatic rings. The molecule has 0 radical (unpaired) electrons. The molecule has 0 aliphatic carbocycles. The fourth-order valence-corrected chi connectivity index (χ4v) is 3.88. The number of hydrogen-bond acceptors (Lipinski definition) is 4. The van der Waals surface area contributed by atoms with Gasteiger partial charge in [-0.15, -0.1) is 0 Å². The van der Waals surface area contributed by atoms with Crippen molar-refractivity contribution < 1.29 is 4.52 Å². The molecule has 1 aliphatic heterocycles. The van der Waals surface area contributed by atoms with Gasteiger partial charge in [-0.1, -0.05) is 6.58 Å². The van der Waals surface area contributed by atoms with Gasteiger partial charge in [0.05, 0.1) is 6.26 Å². The Bertz CT molecular complexity index is 248. The van der Waals surface area contributed by atoms with Gasteiger partial charge in [0.1, 0.15) is 0 Å². The van der Waals surface area contributed by atoms with E-state index in [0.717, 1.165) is 0 Å². The average Bonchev–Trinajstić information content (AvgIpc) is 1.89. The summed E-state index contributed by atoms with van der Waals surface area (Å²) in [7, 11) is 1.18. The van der Waals surface area contributed by atoms with Crippen molar-refractivity contribution in [1.82, 2.24) is 0 Å². The first-order valence-electron chi connectivity index (χ1n) is 2.20. The number of rotatable bonds is 2. The third-order valence-corrected chi connectivity index (χ3v) is 5.51. The monoisotopic (exact) mass is 213 g/mol. The van der Waals surface area contributed by atoms with Crippen molar-refractivity contribution in [2.75, 3.05) is 0 Å². The Morgan fingerprint density at radius 1 is 1.60 bits per heavy atom. The van der Waals surface area contributed by atoms with Crippen LogP contribution in [0, 0.1) is 0 Å². The summed E-state index contributed by atoms with van der Waals surface area (Å²) in [5.41, 5.74) is 0. The lowest BCUT2D eigenvalue weighted by atomic mass is 11.2. The zero-order valence-electron chi connectivity index (χ0n) is 4.75. The predicted molar refractivity (Wildman–Crippen MR) is 45.2 cm³/mol. The van der Waals surface area contributed by atoms with E-state index in [1.807, 2.05) is 0 Å². The van der Waals surface area contributed by atoms with Gasteiger partial charge < -0.3 is 4.52 Å². The van der Waals surface area contributed by atoms with Crippen LogP contribution in [-0.4, -0.2) is 0 Å². The molecule has 0 aromatic carbocycles. The molecule has 0 bridgehead atoms. The molecule has 0 fully saturated rings. The standard InChI is InChI=1S/C2H3ClN3OP3/c1-2-7-10(3)5-8-4-9-6-10/h2H,1H2. The van der Waals surface area contributed by atoms with E-state index in [-0.39, 0.29) is 0 Å². The van der Waals surface area contributed by atoms with Crippen LogP contribution in [0.25, 0.3) is 0 Å². The van der Waals surface area contributed by atoms with Gasteiger partial charge in [0.15, 0.2) is 17.0 Å². The van der Waals surface area contributed by atoms with Gasteiger partial charge in [0.25, 0.3) is 0 Å². The van der Waals surface area contributed by atoms with Crippen molar-refractivity contribution >= 4 is 35.1 Å². The van der Waals surface area contributed by atoms with Gasteiger partial charge in [0.2, 0.25) is 0 Å². The molecule has 8 heteroatoms. The molecular formula is C2H3ClN3OP3. The smallest absolute Gasteiger partial charge is 0.356 e. The van der Waals surface area contributed by atoms with Crippen molar-refractivity contribution in [2.45, 2.75) is 0 Å². The molecule has 0 aromatic heterocycles. The highest BCUT2D eigenvalue weighted by molar-refractivity contribution is 7.90. The lowest BCUT2D eigenvalue weighted by Gasteiger charge is -2.07. The van der Waals surface area contributed by atoms with Crippen molar-refractivity contribution in [2.24, 2.45) is 13.5 Å². The minimum absolute atomic E-state index is 0.591. The Hall–Kier alpha value is 0.260. The van der Waals surface area contributed by atoms with Gasteiger partial charge in [-0.05, 0) is 11.2 Å². The van der Waals surface area contributed by atoms with E-state index in [0.29, 0.717) is 17.0 Å². The summed E-state index contributed by atoms with van der Waals surface area (Å²) in [6.07, 6.45) is 1.25. The van der Waals surface area contributed by atoms with Crippen LogP contribution in [0.3, 0.4) is 0 Å². The summed E-state index contributed by atoms with van der Waals surface area (Å²) < 4.78 is 16.4. The Morgan fingerprint density at radius 2 is 2.40 bits per heavy atom. The molecule has 0 aromatic rings. The van der Waals surface area contributed by atoms with E-state index in [1.165, 1.54) is 6.26 Å². The molecule has 0 saturated heterocycles. The second-order valence-electron chi connectivity index (χ2n) is 1.19. The van der Waals surface area contributed by atoms with Gasteiger partial charge in [0, 0.05) is 0 Å². The summed E-state index contributed by atoms with van der Waals surface area (Å²) in [4.78, 5) is 0. The topological polar surface area (TPSA) is 46.3 Å². The molecule has 0 saturated carbocycles. The fourth-order valence-electron chi connectivity index (χ4n) is 0.307. The number of hydrogen-bond donors (Lipinski definition) is 0. The van der Waals surface area contributed by atoms with Gasteiger partial charge in [-0.2, -0.15) is 13.5 Å². The van der Waals surface area contributed by atoms with Crippen LogP contribution in [0.4, 0.5) is 0 Å². The fraction of sp³-hybridized carbons (Fsp3) is 0. The second kappa shape index (κ2) is 3.59. The van der Waals surface area contributed by atoms with Crippen molar-refractivity contribution in [3.63, 3.8) is 0 Å². The quantitative estimate of drug-likeness (QED) is 0.494.